The molecular formula is C22H22F2N2. The molecule has 1 atom stereocenters. The highest BCUT2D eigenvalue weighted by Gasteiger charge is 2.30. The molecule has 2 nitrogen and oxygen atoms in total. The van der Waals surface area contributed by atoms with E-state index in [1.54, 1.807) is 12.1 Å². The summed E-state index contributed by atoms with van der Waals surface area (Å²) in [5.41, 5.74) is 3.85. The fourth-order valence-corrected chi connectivity index (χ4v) is 3.90. The molecule has 0 amide bonds. The SMILES string of the molecule is Cc1ccccc1CN1CCCn2cccc2C1c1cccc(F)c1F. The van der Waals surface area contributed by atoms with Crippen molar-refractivity contribution in [3.63, 3.8) is 0 Å². The van der Waals surface area contributed by atoms with E-state index >= 15 is 0 Å². The third-order valence-electron chi connectivity index (χ3n) is 5.27. The van der Waals surface area contributed by atoms with Gasteiger partial charge in [-0.15, -0.1) is 0 Å². The highest BCUT2D eigenvalue weighted by atomic mass is 19.2. The van der Waals surface area contributed by atoms with Crippen LogP contribution in [0.1, 0.15) is 34.8 Å². The molecule has 4 rings (SSSR count). The lowest BCUT2D eigenvalue weighted by Gasteiger charge is -2.31. The first-order valence-corrected chi connectivity index (χ1v) is 9.02. The van der Waals surface area contributed by atoms with Crippen molar-refractivity contribution in [2.75, 3.05) is 6.54 Å². The van der Waals surface area contributed by atoms with Gasteiger partial charge in [-0.25, -0.2) is 8.78 Å². The molecule has 0 saturated carbocycles. The number of benzene rings is 2. The molecule has 26 heavy (non-hydrogen) atoms. The van der Waals surface area contributed by atoms with Crippen molar-refractivity contribution < 1.29 is 8.78 Å². The summed E-state index contributed by atoms with van der Waals surface area (Å²) in [7, 11) is 0. The zero-order valence-electron chi connectivity index (χ0n) is 14.8. The van der Waals surface area contributed by atoms with Gasteiger partial charge in [0.2, 0.25) is 0 Å². The molecule has 1 aromatic heterocycles. The molecule has 0 spiro atoms. The normalized spacial score (nSPS) is 17.7. The smallest absolute Gasteiger partial charge is 0.163 e. The van der Waals surface area contributed by atoms with Gasteiger partial charge in [-0.3, -0.25) is 4.90 Å². The maximum Gasteiger partial charge on any atom is 0.163 e. The van der Waals surface area contributed by atoms with Crippen molar-refractivity contribution in [3.8, 4) is 0 Å². The fourth-order valence-electron chi connectivity index (χ4n) is 3.90. The molecule has 0 fully saturated rings. The summed E-state index contributed by atoms with van der Waals surface area (Å²) in [5.74, 6) is -1.54. The summed E-state index contributed by atoms with van der Waals surface area (Å²) in [6.45, 7) is 4.52. The lowest BCUT2D eigenvalue weighted by atomic mass is 9.99. The van der Waals surface area contributed by atoms with Crippen LogP contribution < -0.4 is 0 Å². The largest absolute Gasteiger partial charge is 0.350 e. The van der Waals surface area contributed by atoms with Crippen molar-refractivity contribution in [3.05, 3.63) is 94.8 Å². The van der Waals surface area contributed by atoms with E-state index < -0.39 is 11.6 Å². The Morgan fingerprint density at radius 1 is 0.962 bits per heavy atom. The van der Waals surface area contributed by atoms with E-state index in [4.69, 9.17) is 0 Å². The van der Waals surface area contributed by atoms with Gasteiger partial charge in [0.15, 0.2) is 11.6 Å². The molecular weight excluding hydrogens is 330 g/mol. The predicted molar refractivity (Wildman–Crippen MR) is 98.8 cm³/mol. The van der Waals surface area contributed by atoms with Crippen molar-refractivity contribution in [1.82, 2.24) is 9.47 Å². The Kier molecular flexibility index (Phi) is 4.60. The third kappa shape index (κ3) is 3.06. The van der Waals surface area contributed by atoms with Crippen molar-refractivity contribution >= 4 is 0 Å². The molecule has 1 unspecified atom stereocenters. The maximum atomic E-state index is 14.7. The first kappa shape index (κ1) is 17.0. The van der Waals surface area contributed by atoms with Gasteiger partial charge >= 0.3 is 0 Å². The maximum absolute atomic E-state index is 14.7. The van der Waals surface area contributed by atoms with E-state index in [1.807, 2.05) is 30.5 Å². The summed E-state index contributed by atoms with van der Waals surface area (Å²) in [4.78, 5) is 2.26. The molecule has 1 aliphatic rings. The van der Waals surface area contributed by atoms with Gasteiger partial charge in [0, 0.05) is 37.1 Å². The van der Waals surface area contributed by atoms with Crippen molar-refractivity contribution in [2.24, 2.45) is 0 Å². The quantitative estimate of drug-likeness (QED) is 0.639. The number of aromatic nitrogens is 1. The number of nitrogens with zero attached hydrogens (tertiary/aromatic N) is 2. The number of fused-ring (bicyclic) bond motifs is 1. The predicted octanol–water partition coefficient (Wildman–Crippen LogP) is 5.07. The van der Waals surface area contributed by atoms with Crippen LogP contribution in [0.3, 0.4) is 0 Å². The number of hydrogen-bond donors (Lipinski definition) is 0. The van der Waals surface area contributed by atoms with E-state index in [9.17, 15) is 8.78 Å². The van der Waals surface area contributed by atoms with Crippen molar-refractivity contribution in [1.29, 1.82) is 0 Å². The Morgan fingerprint density at radius 2 is 1.81 bits per heavy atom. The summed E-state index contributed by atoms with van der Waals surface area (Å²) >= 11 is 0. The van der Waals surface area contributed by atoms with E-state index in [-0.39, 0.29) is 6.04 Å². The van der Waals surface area contributed by atoms with Crippen LogP contribution in [0.4, 0.5) is 8.78 Å². The molecule has 4 heteroatoms. The van der Waals surface area contributed by atoms with Crippen LogP contribution in [0.2, 0.25) is 0 Å². The van der Waals surface area contributed by atoms with Crippen LogP contribution in [0.5, 0.6) is 0 Å². The van der Waals surface area contributed by atoms with Gasteiger partial charge in [-0.2, -0.15) is 0 Å². The monoisotopic (exact) mass is 352 g/mol. The zero-order chi connectivity index (χ0) is 18.1. The lowest BCUT2D eigenvalue weighted by Crippen LogP contribution is -2.30. The van der Waals surface area contributed by atoms with Crippen molar-refractivity contribution in [2.45, 2.75) is 32.5 Å². The van der Waals surface area contributed by atoms with Gasteiger partial charge in [-0.1, -0.05) is 36.4 Å². The van der Waals surface area contributed by atoms with Crippen LogP contribution in [0.25, 0.3) is 0 Å². The van der Waals surface area contributed by atoms with E-state index in [0.29, 0.717) is 12.1 Å². The zero-order valence-corrected chi connectivity index (χ0v) is 14.8. The minimum absolute atomic E-state index is 0.303. The Hall–Kier alpha value is -2.46. The minimum Gasteiger partial charge on any atom is -0.350 e. The second-order valence-corrected chi connectivity index (χ2v) is 6.92. The van der Waals surface area contributed by atoms with Crippen LogP contribution in [0.15, 0.2) is 60.8 Å². The molecule has 134 valence electrons. The molecule has 3 aromatic rings. The topological polar surface area (TPSA) is 8.17 Å². The second kappa shape index (κ2) is 7.04. The highest BCUT2D eigenvalue weighted by molar-refractivity contribution is 5.33. The van der Waals surface area contributed by atoms with Gasteiger partial charge < -0.3 is 4.57 Å². The Morgan fingerprint density at radius 3 is 2.65 bits per heavy atom. The number of halogens is 2. The van der Waals surface area contributed by atoms with Gasteiger partial charge in [0.25, 0.3) is 0 Å². The Balaban J connectivity index is 1.81. The van der Waals surface area contributed by atoms with Gasteiger partial charge in [0.1, 0.15) is 0 Å². The molecule has 2 heterocycles. The summed E-state index contributed by atoms with van der Waals surface area (Å²) in [6, 6.07) is 16.4. The molecule has 0 aliphatic carbocycles. The van der Waals surface area contributed by atoms with E-state index in [2.05, 4.69) is 28.5 Å². The number of rotatable bonds is 3. The third-order valence-corrected chi connectivity index (χ3v) is 5.27. The average molecular weight is 352 g/mol. The van der Waals surface area contributed by atoms with Crippen LogP contribution in [0, 0.1) is 18.6 Å². The first-order chi connectivity index (χ1) is 12.6. The fraction of sp³-hybridized carbons (Fsp3) is 0.273. The standard InChI is InChI=1S/C22H22F2N2/c1-16-7-2-3-8-17(16)15-26-14-6-13-25-12-5-11-20(25)22(26)18-9-4-10-19(23)21(18)24/h2-5,7-12,22H,6,13-15H2,1H3. The number of aryl methyl sites for hydroxylation is 2. The molecule has 0 N–H and O–H groups in total. The first-order valence-electron chi connectivity index (χ1n) is 9.02. The minimum atomic E-state index is -0.791. The van der Waals surface area contributed by atoms with Gasteiger partial charge in [0.05, 0.1) is 6.04 Å². The van der Waals surface area contributed by atoms with Crippen LogP contribution in [-0.4, -0.2) is 16.0 Å². The summed E-state index contributed by atoms with van der Waals surface area (Å²) < 4.78 is 30.8. The van der Waals surface area contributed by atoms with E-state index in [0.717, 1.165) is 25.2 Å². The average Bonchev–Trinajstić information content (AvgIpc) is 3.02. The highest BCUT2D eigenvalue weighted by Crippen LogP contribution is 2.35. The summed E-state index contributed by atoms with van der Waals surface area (Å²) in [5, 5.41) is 0. The molecule has 0 saturated heterocycles. The van der Waals surface area contributed by atoms with E-state index in [1.165, 1.54) is 17.2 Å². The second-order valence-electron chi connectivity index (χ2n) is 6.92. The molecule has 0 bridgehead atoms. The Bertz CT molecular complexity index is 916. The molecule has 1 aliphatic heterocycles. The Labute approximate surface area is 152 Å². The molecule has 0 radical (unpaired) electrons. The van der Waals surface area contributed by atoms with Crippen LogP contribution >= 0.6 is 0 Å². The molecule has 2 aromatic carbocycles. The lowest BCUT2D eigenvalue weighted by molar-refractivity contribution is 0.215. The van der Waals surface area contributed by atoms with Crippen LogP contribution in [-0.2, 0) is 13.1 Å². The van der Waals surface area contributed by atoms with Gasteiger partial charge in [-0.05, 0) is 42.7 Å². The summed E-state index contributed by atoms with van der Waals surface area (Å²) in [6.07, 6.45) is 3.00. The number of hydrogen-bond acceptors (Lipinski definition) is 1.